The minimum Gasteiger partial charge on any atom is -0.338 e. The standard InChI is InChI=1S/C22H20N4O2S/c1-26(15-23)22(28)20(14-29-13-16-7-3-2-4-8-16)25-21(27)19-12-11-17-9-5-6-10-18(17)24-19/h2-12,20H,13-14H2,1H3,(H,25,27)/t20-/m0/s1. The van der Waals surface area contributed by atoms with Gasteiger partial charge in [0.2, 0.25) is 0 Å². The van der Waals surface area contributed by atoms with Gasteiger partial charge in [-0.2, -0.15) is 17.0 Å². The molecule has 1 N–H and O–H groups in total. The number of hydrogen-bond donors (Lipinski definition) is 1. The molecule has 0 saturated carbocycles. The maximum Gasteiger partial charge on any atom is 0.270 e. The molecule has 6 nitrogen and oxygen atoms in total. The predicted molar refractivity (Wildman–Crippen MR) is 114 cm³/mol. The van der Waals surface area contributed by atoms with Crippen molar-refractivity contribution in [2.75, 3.05) is 12.8 Å². The van der Waals surface area contributed by atoms with Crippen LogP contribution < -0.4 is 5.32 Å². The Balaban J connectivity index is 1.71. The lowest BCUT2D eigenvalue weighted by atomic mass is 10.2. The van der Waals surface area contributed by atoms with Crippen molar-refractivity contribution in [1.29, 1.82) is 5.26 Å². The second kappa shape index (κ2) is 9.71. The first-order valence-electron chi connectivity index (χ1n) is 9.04. The largest absolute Gasteiger partial charge is 0.338 e. The number of thioether (sulfide) groups is 1. The Bertz CT molecular complexity index is 1050. The van der Waals surface area contributed by atoms with E-state index in [1.54, 1.807) is 12.3 Å². The molecule has 2 aromatic carbocycles. The summed E-state index contributed by atoms with van der Waals surface area (Å²) < 4.78 is 0. The number of nitrogens with zero attached hydrogens (tertiary/aromatic N) is 3. The molecule has 1 atom stereocenters. The van der Waals surface area contributed by atoms with E-state index in [4.69, 9.17) is 5.26 Å². The summed E-state index contributed by atoms with van der Waals surface area (Å²) in [6.45, 7) is 0. The third-order valence-electron chi connectivity index (χ3n) is 4.31. The van der Waals surface area contributed by atoms with Crippen molar-refractivity contribution in [3.63, 3.8) is 0 Å². The SMILES string of the molecule is CN(C#N)C(=O)[C@H](CSCc1ccccc1)NC(=O)c1ccc2ccccc2n1. The zero-order valence-electron chi connectivity index (χ0n) is 15.9. The maximum atomic E-state index is 12.7. The molecule has 7 heteroatoms. The number of hydrogen-bond acceptors (Lipinski definition) is 5. The summed E-state index contributed by atoms with van der Waals surface area (Å²) >= 11 is 1.52. The van der Waals surface area contributed by atoms with Crippen LogP contribution in [0.3, 0.4) is 0 Å². The molecule has 3 aromatic rings. The van der Waals surface area contributed by atoms with Crippen LogP contribution in [0.4, 0.5) is 0 Å². The second-order valence-electron chi connectivity index (χ2n) is 6.41. The second-order valence-corrected chi connectivity index (χ2v) is 7.44. The monoisotopic (exact) mass is 404 g/mol. The van der Waals surface area contributed by atoms with Gasteiger partial charge in [0, 0.05) is 23.9 Å². The lowest BCUT2D eigenvalue weighted by Crippen LogP contribution is -2.47. The Morgan fingerprint density at radius 2 is 1.83 bits per heavy atom. The Hall–Kier alpha value is -3.37. The number of carbonyl (C=O) groups excluding carboxylic acids is 2. The van der Waals surface area contributed by atoms with Gasteiger partial charge in [-0.1, -0.05) is 54.6 Å². The van der Waals surface area contributed by atoms with Crippen LogP contribution in [0.25, 0.3) is 10.9 Å². The number of fused-ring (bicyclic) bond motifs is 1. The molecule has 0 bridgehead atoms. The van der Waals surface area contributed by atoms with E-state index in [1.165, 1.54) is 18.8 Å². The summed E-state index contributed by atoms with van der Waals surface area (Å²) in [5.41, 5.74) is 2.06. The van der Waals surface area contributed by atoms with Gasteiger partial charge in [0.25, 0.3) is 11.8 Å². The van der Waals surface area contributed by atoms with E-state index in [2.05, 4.69) is 10.3 Å². The fraction of sp³-hybridized carbons (Fsp3) is 0.182. The molecule has 1 heterocycles. The van der Waals surface area contributed by atoms with E-state index < -0.39 is 17.9 Å². The highest BCUT2D eigenvalue weighted by Gasteiger charge is 2.25. The minimum absolute atomic E-state index is 0.231. The van der Waals surface area contributed by atoms with E-state index in [-0.39, 0.29) is 5.69 Å². The lowest BCUT2D eigenvalue weighted by molar-refractivity contribution is -0.128. The quantitative estimate of drug-likeness (QED) is 0.483. The number of nitriles is 1. The van der Waals surface area contributed by atoms with Crippen LogP contribution >= 0.6 is 11.8 Å². The van der Waals surface area contributed by atoms with Gasteiger partial charge in [-0.15, -0.1) is 0 Å². The van der Waals surface area contributed by atoms with Gasteiger partial charge >= 0.3 is 0 Å². The molecule has 0 aliphatic rings. The smallest absolute Gasteiger partial charge is 0.270 e. The average Bonchev–Trinajstić information content (AvgIpc) is 2.77. The summed E-state index contributed by atoms with van der Waals surface area (Å²) in [5, 5.41) is 12.7. The van der Waals surface area contributed by atoms with Crippen molar-refractivity contribution in [2.24, 2.45) is 0 Å². The number of amides is 2. The number of rotatable bonds is 7. The van der Waals surface area contributed by atoms with Crippen LogP contribution in [0.2, 0.25) is 0 Å². The molecule has 146 valence electrons. The molecule has 1 aromatic heterocycles. The topological polar surface area (TPSA) is 86.1 Å². The van der Waals surface area contributed by atoms with Crippen molar-refractivity contribution in [2.45, 2.75) is 11.8 Å². The highest BCUT2D eigenvalue weighted by Crippen LogP contribution is 2.15. The van der Waals surface area contributed by atoms with Gasteiger partial charge in [0.15, 0.2) is 6.19 Å². The first-order chi connectivity index (χ1) is 14.1. The van der Waals surface area contributed by atoms with Gasteiger partial charge in [0.1, 0.15) is 11.7 Å². The number of aromatic nitrogens is 1. The van der Waals surface area contributed by atoms with Gasteiger partial charge in [0.05, 0.1) is 5.52 Å². The molecule has 0 fully saturated rings. The van der Waals surface area contributed by atoms with Crippen molar-refractivity contribution < 1.29 is 9.59 Å². The van der Waals surface area contributed by atoms with E-state index >= 15 is 0 Å². The Morgan fingerprint density at radius 3 is 2.59 bits per heavy atom. The zero-order chi connectivity index (χ0) is 20.6. The number of benzene rings is 2. The highest BCUT2D eigenvalue weighted by molar-refractivity contribution is 7.98. The van der Waals surface area contributed by atoms with Crippen LogP contribution in [-0.2, 0) is 10.5 Å². The number of carbonyl (C=O) groups is 2. The Morgan fingerprint density at radius 1 is 1.10 bits per heavy atom. The number of nitrogens with one attached hydrogen (secondary N) is 1. The normalized spacial score (nSPS) is 11.4. The first kappa shape index (κ1) is 20.4. The molecule has 0 spiro atoms. The van der Waals surface area contributed by atoms with Crippen molar-refractivity contribution in [3.05, 3.63) is 78.0 Å². The van der Waals surface area contributed by atoms with Crippen LogP contribution in [0.15, 0.2) is 66.7 Å². The van der Waals surface area contributed by atoms with Crippen molar-refractivity contribution in [3.8, 4) is 6.19 Å². The molecule has 0 aliphatic carbocycles. The number of para-hydroxylation sites is 1. The van der Waals surface area contributed by atoms with E-state index in [1.807, 2.05) is 60.7 Å². The van der Waals surface area contributed by atoms with E-state index in [9.17, 15) is 9.59 Å². The summed E-state index contributed by atoms with van der Waals surface area (Å²) in [6, 6.07) is 20.0. The minimum atomic E-state index is -0.825. The zero-order valence-corrected chi connectivity index (χ0v) is 16.7. The van der Waals surface area contributed by atoms with Gasteiger partial charge in [-0.3, -0.25) is 14.5 Å². The first-order valence-corrected chi connectivity index (χ1v) is 10.2. The molecule has 0 saturated heterocycles. The van der Waals surface area contributed by atoms with Crippen LogP contribution in [-0.4, -0.2) is 40.5 Å². The molecular formula is C22H20N4O2S. The fourth-order valence-corrected chi connectivity index (χ4v) is 3.76. The molecule has 0 unspecified atom stereocenters. The molecule has 2 amide bonds. The predicted octanol–water partition coefficient (Wildman–Crippen LogP) is 3.21. The van der Waals surface area contributed by atoms with Crippen molar-refractivity contribution >= 4 is 34.5 Å². The number of likely N-dealkylation sites (N-methyl/N-ethyl adjacent to an activating group) is 1. The van der Waals surface area contributed by atoms with Crippen LogP contribution in [0, 0.1) is 11.5 Å². The molecule has 0 aliphatic heterocycles. The van der Waals surface area contributed by atoms with E-state index in [0.717, 1.165) is 15.8 Å². The van der Waals surface area contributed by atoms with E-state index in [0.29, 0.717) is 17.0 Å². The summed E-state index contributed by atoms with van der Waals surface area (Å²) in [6.07, 6.45) is 1.80. The molecular weight excluding hydrogens is 384 g/mol. The summed E-state index contributed by atoms with van der Waals surface area (Å²) in [7, 11) is 1.39. The average molecular weight is 404 g/mol. The van der Waals surface area contributed by atoms with Crippen LogP contribution in [0.1, 0.15) is 16.1 Å². The number of pyridine rings is 1. The maximum absolute atomic E-state index is 12.7. The van der Waals surface area contributed by atoms with Crippen LogP contribution in [0.5, 0.6) is 0 Å². The third-order valence-corrected chi connectivity index (χ3v) is 5.42. The van der Waals surface area contributed by atoms with Gasteiger partial charge < -0.3 is 5.32 Å². The third kappa shape index (κ3) is 5.33. The Kier molecular flexibility index (Phi) is 6.82. The highest BCUT2D eigenvalue weighted by atomic mass is 32.2. The van der Waals surface area contributed by atoms with Gasteiger partial charge in [-0.05, 0) is 17.7 Å². The molecule has 0 radical (unpaired) electrons. The summed E-state index contributed by atoms with van der Waals surface area (Å²) in [5.74, 6) is 0.146. The molecule has 29 heavy (non-hydrogen) atoms. The fourth-order valence-electron chi connectivity index (χ4n) is 2.75. The summed E-state index contributed by atoms with van der Waals surface area (Å²) in [4.78, 5) is 30.6. The Labute approximate surface area is 173 Å². The van der Waals surface area contributed by atoms with Crippen molar-refractivity contribution in [1.82, 2.24) is 15.2 Å². The molecule has 3 rings (SSSR count). The lowest BCUT2D eigenvalue weighted by Gasteiger charge is -2.19. The van der Waals surface area contributed by atoms with Gasteiger partial charge in [-0.25, -0.2) is 4.98 Å².